The minimum atomic E-state index is -0.608. The van der Waals surface area contributed by atoms with Gasteiger partial charge in [0.05, 0.1) is 18.6 Å². The SMILES string of the molecule is CN(Cc1ccc(N2CCOCC2)cc1)C(=O)C1(c2cccc(F)c2)CCCCC1. The zero-order valence-corrected chi connectivity index (χ0v) is 17.8. The van der Waals surface area contributed by atoms with Gasteiger partial charge in [0.25, 0.3) is 0 Å². The van der Waals surface area contributed by atoms with Crippen molar-refractivity contribution in [2.24, 2.45) is 0 Å². The maximum Gasteiger partial charge on any atom is 0.233 e. The Morgan fingerprint density at radius 2 is 1.77 bits per heavy atom. The van der Waals surface area contributed by atoms with Crippen LogP contribution in [0.15, 0.2) is 48.5 Å². The lowest BCUT2D eigenvalue weighted by molar-refractivity contribution is -0.138. The van der Waals surface area contributed by atoms with Gasteiger partial charge in [0.1, 0.15) is 5.82 Å². The molecule has 1 saturated carbocycles. The molecule has 1 aliphatic heterocycles. The Balaban J connectivity index is 1.49. The van der Waals surface area contributed by atoms with E-state index >= 15 is 0 Å². The van der Waals surface area contributed by atoms with Gasteiger partial charge in [0.2, 0.25) is 5.91 Å². The van der Waals surface area contributed by atoms with E-state index in [1.165, 1.54) is 11.8 Å². The van der Waals surface area contributed by atoms with Crippen molar-refractivity contribution < 1.29 is 13.9 Å². The van der Waals surface area contributed by atoms with Crippen LogP contribution in [0.25, 0.3) is 0 Å². The standard InChI is InChI=1S/C25H31FN2O2/c1-27(19-20-8-10-23(11-9-20)28-14-16-30-17-15-28)24(29)25(12-3-2-4-13-25)21-6-5-7-22(26)18-21/h5-11,18H,2-4,12-17,19H2,1H3. The number of hydrogen-bond acceptors (Lipinski definition) is 3. The predicted octanol–water partition coefficient (Wildman–Crippen LogP) is 4.52. The zero-order valence-electron chi connectivity index (χ0n) is 17.8. The summed E-state index contributed by atoms with van der Waals surface area (Å²) < 4.78 is 19.4. The summed E-state index contributed by atoms with van der Waals surface area (Å²) in [6.45, 7) is 3.91. The Kier molecular flexibility index (Phi) is 6.38. The van der Waals surface area contributed by atoms with E-state index in [9.17, 15) is 9.18 Å². The lowest BCUT2D eigenvalue weighted by Gasteiger charge is -2.39. The molecule has 5 heteroatoms. The van der Waals surface area contributed by atoms with Crippen LogP contribution in [0.3, 0.4) is 0 Å². The molecule has 0 spiro atoms. The second-order valence-electron chi connectivity index (χ2n) is 8.58. The van der Waals surface area contributed by atoms with E-state index in [-0.39, 0.29) is 11.7 Å². The number of carbonyl (C=O) groups is 1. The molecular formula is C25H31FN2O2. The van der Waals surface area contributed by atoms with Gasteiger partial charge < -0.3 is 14.5 Å². The highest BCUT2D eigenvalue weighted by Crippen LogP contribution is 2.41. The topological polar surface area (TPSA) is 32.8 Å². The molecule has 1 heterocycles. The Labute approximate surface area is 178 Å². The fourth-order valence-corrected chi connectivity index (χ4v) is 4.91. The number of morpholine rings is 1. The molecule has 4 nitrogen and oxygen atoms in total. The van der Waals surface area contributed by atoms with Crippen LogP contribution in [0.1, 0.15) is 43.2 Å². The number of carbonyl (C=O) groups excluding carboxylic acids is 1. The third kappa shape index (κ3) is 4.36. The summed E-state index contributed by atoms with van der Waals surface area (Å²) in [6, 6.07) is 15.1. The fourth-order valence-electron chi connectivity index (χ4n) is 4.91. The van der Waals surface area contributed by atoms with Gasteiger partial charge in [-0.1, -0.05) is 43.5 Å². The summed E-state index contributed by atoms with van der Waals surface area (Å²) >= 11 is 0. The highest BCUT2D eigenvalue weighted by molar-refractivity contribution is 5.88. The Bertz CT molecular complexity index is 856. The fraction of sp³-hybridized carbons (Fsp3) is 0.480. The van der Waals surface area contributed by atoms with Crippen molar-refractivity contribution >= 4 is 11.6 Å². The van der Waals surface area contributed by atoms with Gasteiger partial charge in [-0.2, -0.15) is 0 Å². The van der Waals surface area contributed by atoms with Gasteiger partial charge in [-0.15, -0.1) is 0 Å². The smallest absolute Gasteiger partial charge is 0.233 e. The highest BCUT2D eigenvalue weighted by Gasteiger charge is 2.42. The Morgan fingerprint density at radius 3 is 2.43 bits per heavy atom. The molecule has 0 unspecified atom stereocenters. The number of hydrogen-bond donors (Lipinski definition) is 0. The molecule has 2 aromatic rings. The van der Waals surface area contributed by atoms with Crippen LogP contribution in [-0.4, -0.2) is 44.2 Å². The molecule has 2 fully saturated rings. The molecular weight excluding hydrogens is 379 g/mol. The largest absolute Gasteiger partial charge is 0.378 e. The van der Waals surface area contributed by atoms with Crippen molar-refractivity contribution in [1.82, 2.24) is 4.90 Å². The number of ether oxygens (including phenoxy) is 1. The molecule has 2 aliphatic rings. The van der Waals surface area contributed by atoms with E-state index in [1.54, 1.807) is 12.1 Å². The molecule has 0 atom stereocenters. The summed E-state index contributed by atoms with van der Waals surface area (Å²) in [4.78, 5) is 17.8. The van der Waals surface area contributed by atoms with E-state index < -0.39 is 5.41 Å². The zero-order chi connectivity index (χ0) is 21.0. The number of halogens is 1. The first kappa shape index (κ1) is 20.9. The minimum absolute atomic E-state index is 0.102. The molecule has 0 N–H and O–H groups in total. The summed E-state index contributed by atoms with van der Waals surface area (Å²) in [6.07, 6.45) is 4.72. The van der Waals surface area contributed by atoms with E-state index in [1.807, 2.05) is 18.0 Å². The molecule has 1 saturated heterocycles. The van der Waals surface area contributed by atoms with E-state index in [0.29, 0.717) is 6.54 Å². The summed E-state index contributed by atoms with van der Waals surface area (Å²) in [7, 11) is 1.87. The Hall–Kier alpha value is -2.40. The monoisotopic (exact) mass is 410 g/mol. The molecule has 1 aliphatic carbocycles. The predicted molar refractivity (Wildman–Crippen MR) is 117 cm³/mol. The van der Waals surface area contributed by atoms with Crippen LogP contribution in [-0.2, 0) is 21.5 Å². The van der Waals surface area contributed by atoms with Crippen molar-refractivity contribution in [2.45, 2.75) is 44.1 Å². The number of benzene rings is 2. The van der Waals surface area contributed by atoms with E-state index in [0.717, 1.165) is 69.5 Å². The maximum absolute atomic E-state index is 14.0. The van der Waals surface area contributed by atoms with Crippen LogP contribution in [0.2, 0.25) is 0 Å². The number of anilines is 1. The first-order chi connectivity index (χ1) is 14.6. The minimum Gasteiger partial charge on any atom is -0.378 e. The van der Waals surface area contributed by atoms with Gasteiger partial charge >= 0.3 is 0 Å². The summed E-state index contributed by atoms with van der Waals surface area (Å²) in [5, 5.41) is 0. The molecule has 160 valence electrons. The first-order valence-electron chi connectivity index (χ1n) is 11.0. The van der Waals surface area contributed by atoms with Crippen molar-refractivity contribution in [1.29, 1.82) is 0 Å². The number of amides is 1. The third-order valence-electron chi connectivity index (χ3n) is 6.57. The first-order valence-corrected chi connectivity index (χ1v) is 11.0. The Morgan fingerprint density at radius 1 is 1.07 bits per heavy atom. The third-order valence-corrected chi connectivity index (χ3v) is 6.57. The molecule has 30 heavy (non-hydrogen) atoms. The van der Waals surface area contributed by atoms with Gasteiger partial charge in [-0.25, -0.2) is 4.39 Å². The molecule has 0 radical (unpaired) electrons. The van der Waals surface area contributed by atoms with Gasteiger partial charge in [0.15, 0.2) is 0 Å². The van der Waals surface area contributed by atoms with Gasteiger partial charge in [-0.3, -0.25) is 4.79 Å². The average Bonchev–Trinajstić information content (AvgIpc) is 2.80. The number of likely N-dealkylation sites (N-methyl/N-ethyl adjacent to an activating group) is 1. The van der Waals surface area contributed by atoms with Crippen LogP contribution in [0.4, 0.5) is 10.1 Å². The van der Waals surface area contributed by atoms with Crippen LogP contribution < -0.4 is 4.90 Å². The molecule has 1 amide bonds. The van der Waals surface area contributed by atoms with Gasteiger partial charge in [0, 0.05) is 32.4 Å². The maximum atomic E-state index is 14.0. The van der Waals surface area contributed by atoms with Crippen LogP contribution in [0, 0.1) is 5.82 Å². The van der Waals surface area contributed by atoms with Crippen LogP contribution >= 0.6 is 0 Å². The average molecular weight is 411 g/mol. The molecule has 2 aromatic carbocycles. The second-order valence-corrected chi connectivity index (χ2v) is 8.58. The van der Waals surface area contributed by atoms with Gasteiger partial charge in [-0.05, 0) is 48.2 Å². The highest BCUT2D eigenvalue weighted by atomic mass is 19.1. The molecule has 0 aromatic heterocycles. The molecule has 0 bridgehead atoms. The lowest BCUT2D eigenvalue weighted by Crippen LogP contribution is -2.46. The lowest BCUT2D eigenvalue weighted by atomic mass is 9.68. The number of nitrogens with zero attached hydrogens (tertiary/aromatic N) is 2. The van der Waals surface area contributed by atoms with E-state index in [2.05, 4.69) is 29.2 Å². The van der Waals surface area contributed by atoms with Crippen molar-refractivity contribution in [2.75, 3.05) is 38.3 Å². The normalized spacial score (nSPS) is 18.8. The van der Waals surface area contributed by atoms with Crippen LogP contribution in [0.5, 0.6) is 0 Å². The number of rotatable bonds is 5. The summed E-state index contributed by atoms with van der Waals surface area (Å²) in [5.74, 6) is -0.170. The van der Waals surface area contributed by atoms with Crippen molar-refractivity contribution in [3.8, 4) is 0 Å². The summed E-state index contributed by atoms with van der Waals surface area (Å²) in [5.41, 5.74) is 2.51. The van der Waals surface area contributed by atoms with Crippen molar-refractivity contribution in [3.63, 3.8) is 0 Å². The second kappa shape index (κ2) is 9.17. The van der Waals surface area contributed by atoms with Crippen molar-refractivity contribution in [3.05, 3.63) is 65.5 Å². The molecule has 4 rings (SSSR count). The van der Waals surface area contributed by atoms with E-state index in [4.69, 9.17) is 4.74 Å². The quantitative estimate of drug-likeness (QED) is 0.726.